The number of amides is 1. The number of fused-ring (bicyclic) bond motifs is 1. The smallest absolute Gasteiger partial charge is 0.255 e. The third-order valence-corrected chi connectivity index (χ3v) is 3.36. The van der Waals surface area contributed by atoms with E-state index < -0.39 is 0 Å². The highest BCUT2D eigenvalue weighted by Crippen LogP contribution is 2.23. The van der Waals surface area contributed by atoms with Crippen LogP contribution in [0.5, 0.6) is 0 Å². The normalized spacial score (nSPS) is 10.6. The van der Waals surface area contributed by atoms with Crippen molar-refractivity contribution in [2.75, 3.05) is 5.32 Å². The lowest BCUT2D eigenvalue weighted by Gasteiger charge is -2.10. The van der Waals surface area contributed by atoms with E-state index in [1.807, 2.05) is 24.3 Å². The van der Waals surface area contributed by atoms with Crippen LogP contribution in [-0.4, -0.2) is 10.9 Å². The first-order valence-electron chi connectivity index (χ1n) is 6.55. The van der Waals surface area contributed by atoms with Crippen LogP contribution in [0.3, 0.4) is 0 Å². The van der Waals surface area contributed by atoms with Gasteiger partial charge in [-0.15, -0.1) is 0 Å². The molecule has 3 aromatic rings. The van der Waals surface area contributed by atoms with Gasteiger partial charge in [-0.1, -0.05) is 12.1 Å². The third-order valence-electron chi connectivity index (χ3n) is 3.36. The van der Waals surface area contributed by atoms with Crippen LogP contribution in [0.1, 0.15) is 15.9 Å². The van der Waals surface area contributed by atoms with Crippen molar-refractivity contribution < 1.29 is 9.18 Å². The van der Waals surface area contributed by atoms with Gasteiger partial charge in [0.15, 0.2) is 0 Å². The molecular formula is C17H13FN2O. The Hall–Kier alpha value is -2.75. The molecule has 21 heavy (non-hydrogen) atoms. The van der Waals surface area contributed by atoms with Gasteiger partial charge >= 0.3 is 0 Å². The van der Waals surface area contributed by atoms with E-state index in [0.29, 0.717) is 16.8 Å². The molecule has 0 aliphatic carbocycles. The van der Waals surface area contributed by atoms with Gasteiger partial charge in [0, 0.05) is 34.4 Å². The van der Waals surface area contributed by atoms with Crippen molar-refractivity contribution in [3.63, 3.8) is 0 Å². The molecule has 3 rings (SSSR count). The molecule has 0 aliphatic heterocycles. The number of rotatable bonds is 2. The van der Waals surface area contributed by atoms with Gasteiger partial charge in [0.1, 0.15) is 5.82 Å². The monoisotopic (exact) mass is 280 g/mol. The van der Waals surface area contributed by atoms with Gasteiger partial charge in [0.2, 0.25) is 0 Å². The first-order chi connectivity index (χ1) is 10.1. The Labute approximate surface area is 121 Å². The molecule has 0 saturated carbocycles. The first kappa shape index (κ1) is 13.2. The Morgan fingerprint density at radius 2 is 2.05 bits per heavy atom. The highest BCUT2D eigenvalue weighted by molar-refractivity contribution is 6.09. The van der Waals surface area contributed by atoms with Crippen molar-refractivity contribution in [3.8, 4) is 0 Å². The predicted octanol–water partition coefficient (Wildman–Crippen LogP) is 3.93. The van der Waals surface area contributed by atoms with E-state index >= 15 is 0 Å². The molecule has 1 N–H and O–H groups in total. The van der Waals surface area contributed by atoms with E-state index in [1.54, 1.807) is 19.3 Å². The third kappa shape index (κ3) is 2.60. The number of nitrogens with zero attached hydrogens (tertiary/aromatic N) is 1. The largest absolute Gasteiger partial charge is 0.321 e. The fourth-order valence-corrected chi connectivity index (χ4v) is 2.30. The van der Waals surface area contributed by atoms with E-state index in [4.69, 9.17) is 0 Å². The molecule has 1 amide bonds. The van der Waals surface area contributed by atoms with E-state index in [9.17, 15) is 9.18 Å². The summed E-state index contributed by atoms with van der Waals surface area (Å²) in [6, 6.07) is 11.6. The molecule has 0 atom stereocenters. The molecular weight excluding hydrogens is 267 g/mol. The summed E-state index contributed by atoms with van der Waals surface area (Å²) < 4.78 is 13.1. The van der Waals surface area contributed by atoms with E-state index in [1.165, 1.54) is 18.2 Å². The maximum absolute atomic E-state index is 13.1. The van der Waals surface area contributed by atoms with Crippen LogP contribution in [0, 0.1) is 12.7 Å². The Kier molecular flexibility index (Phi) is 3.36. The molecule has 0 radical (unpaired) electrons. The average molecular weight is 280 g/mol. The number of hydrogen-bond donors (Lipinski definition) is 1. The van der Waals surface area contributed by atoms with Gasteiger partial charge in [-0.2, -0.15) is 0 Å². The number of hydrogen-bond acceptors (Lipinski definition) is 2. The Balaban J connectivity index is 1.97. The van der Waals surface area contributed by atoms with Crippen molar-refractivity contribution in [3.05, 3.63) is 71.8 Å². The molecule has 1 aromatic heterocycles. The van der Waals surface area contributed by atoms with E-state index in [0.717, 1.165) is 10.8 Å². The number of aromatic nitrogens is 1. The summed E-state index contributed by atoms with van der Waals surface area (Å²) in [7, 11) is 0. The van der Waals surface area contributed by atoms with Crippen LogP contribution in [0.25, 0.3) is 10.8 Å². The van der Waals surface area contributed by atoms with Crippen molar-refractivity contribution in [2.24, 2.45) is 0 Å². The second-order valence-corrected chi connectivity index (χ2v) is 4.82. The minimum absolute atomic E-state index is 0.253. The average Bonchev–Trinajstić information content (AvgIpc) is 2.47. The molecule has 2 aromatic carbocycles. The van der Waals surface area contributed by atoms with Crippen LogP contribution in [0.4, 0.5) is 10.1 Å². The zero-order valence-electron chi connectivity index (χ0n) is 11.4. The Morgan fingerprint density at radius 3 is 2.86 bits per heavy atom. The topological polar surface area (TPSA) is 42.0 Å². The summed E-state index contributed by atoms with van der Waals surface area (Å²) >= 11 is 0. The maximum atomic E-state index is 13.1. The SMILES string of the molecule is Cc1cc(F)ccc1C(=O)Nc1cccc2cnccc12. The number of carbonyl (C=O) groups is 1. The van der Waals surface area contributed by atoms with Crippen LogP contribution >= 0.6 is 0 Å². The van der Waals surface area contributed by atoms with Crippen molar-refractivity contribution >= 4 is 22.4 Å². The number of aryl methyl sites for hydroxylation is 1. The summed E-state index contributed by atoms with van der Waals surface area (Å²) in [6.45, 7) is 1.71. The fraction of sp³-hybridized carbons (Fsp3) is 0.0588. The highest BCUT2D eigenvalue weighted by atomic mass is 19.1. The predicted molar refractivity (Wildman–Crippen MR) is 80.8 cm³/mol. The Bertz CT molecular complexity index is 825. The molecule has 0 spiro atoms. The summed E-state index contributed by atoms with van der Waals surface area (Å²) in [5, 5.41) is 4.74. The molecule has 3 nitrogen and oxygen atoms in total. The van der Waals surface area contributed by atoms with Gasteiger partial charge in [-0.05, 0) is 42.8 Å². The quantitative estimate of drug-likeness (QED) is 0.772. The lowest BCUT2D eigenvalue weighted by atomic mass is 10.1. The van der Waals surface area contributed by atoms with E-state index in [2.05, 4.69) is 10.3 Å². The summed E-state index contributed by atoms with van der Waals surface area (Å²) in [5.41, 5.74) is 1.78. The highest BCUT2D eigenvalue weighted by Gasteiger charge is 2.11. The minimum atomic E-state index is -0.347. The molecule has 0 fully saturated rings. The summed E-state index contributed by atoms with van der Waals surface area (Å²) in [6.07, 6.45) is 3.43. The van der Waals surface area contributed by atoms with Crippen molar-refractivity contribution in [1.29, 1.82) is 0 Å². The molecule has 1 heterocycles. The Morgan fingerprint density at radius 1 is 1.19 bits per heavy atom. The number of halogens is 1. The van der Waals surface area contributed by atoms with Gasteiger partial charge in [0.05, 0.1) is 0 Å². The molecule has 0 bridgehead atoms. The van der Waals surface area contributed by atoms with Gasteiger partial charge in [-0.3, -0.25) is 9.78 Å². The number of carbonyl (C=O) groups excluding carboxylic acids is 1. The molecule has 0 unspecified atom stereocenters. The number of nitrogens with one attached hydrogen (secondary N) is 1. The van der Waals surface area contributed by atoms with E-state index in [-0.39, 0.29) is 11.7 Å². The molecule has 4 heteroatoms. The summed E-state index contributed by atoms with van der Waals surface area (Å²) in [5.74, 6) is -0.600. The van der Waals surface area contributed by atoms with Crippen molar-refractivity contribution in [1.82, 2.24) is 4.98 Å². The van der Waals surface area contributed by atoms with Gasteiger partial charge < -0.3 is 5.32 Å². The van der Waals surface area contributed by atoms with Gasteiger partial charge in [0.25, 0.3) is 5.91 Å². The second-order valence-electron chi connectivity index (χ2n) is 4.82. The van der Waals surface area contributed by atoms with Crippen LogP contribution in [0.2, 0.25) is 0 Å². The second kappa shape index (κ2) is 5.32. The molecule has 0 saturated heterocycles. The standard InChI is InChI=1S/C17H13FN2O/c1-11-9-13(18)5-6-14(11)17(21)20-16-4-2-3-12-10-19-8-7-15(12)16/h2-10H,1H3,(H,20,21). The molecule has 0 aliphatic rings. The molecule has 104 valence electrons. The lowest BCUT2D eigenvalue weighted by Crippen LogP contribution is -2.13. The van der Waals surface area contributed by atoms with Crippen LogP contribution in [0.15, 0.2) is 54.9 Å². The summed E-state index contributed by atoms with van der Waals surface area (Å²) in [4.78, 5) is 16.4. The number of benzene rings is 2. The first-order valence-corrected chi connectivity index (χ1v) is 6.55. The van der Waals surface area contributed by atoms with Crippen LogP contribution < -0.4 is 5.32 Å². The van der Waals surface area contributed by atoms with Crippen molar-refractivity contribution in [2.45, 2.75) is 6.92 Å². The number of pyridine rings is 1. The van der Waals surface area contributed by atoms with Gasteiger partial charge in [-0.25, -0.2) is 4.39 Å². The maximum Gasteiger partial charge on any atom is 0.255 e. The lowest BCUT2D eigenvalue weighted by molar-refractivity contribution is 0.102. The van der Waals surface area contributed by atoms with Crippen LogP contribution in [-0.2, 0) is 0 Å². The zero-order valence-corrected chi connectivity index (χ0v) is 11.4. The number of anilines is 1. The fourth-order valence-electron chi connectivity index (χ4n) is 2.30. The minimum Gasteiger partial charge on any atom is -0.321 e. The zero-order chi connectivity index (χ0) is 14.8.